The number of anilines is 2. The lowest BCUT2D eigenvalue weighted by Crippen LogP contribution is -2.38. The van der Waals surface area contributed by atoms with E-state index in [9.17, 15) is 9.59 Å². The van der Waals surface area contributed by atoms with Crippen molar-refractivity contribution in [3.63, 3.8) is 0 Å². The molecule has 2 aromatic carbocycles. The van der Waals surface area contributed by atoms with Gasteiger partial charge in [0.25, 0.3) is 5.91 Å². The Balaban J connectivity index is 0.00000267. The molecule has 1 amide bonds. The summed E-state index contributed by atoms with van der Waals surface area (Å²) >= 11 is 6.19. The van der Waals surface area contributed by atoms with Crippen LogP contribution in [0.25, 0.3) is 0 Å². The topological polar surface area (TPSA) is 75.7 Å². The maximum absolute atomic E-state index is 13.9. The van der Waals surface area contributed by atoms with Crippen LogP contribution in [-0.2, 0) is 4.79 Å². The monoisotopic (exact) mass is 500 g/mol. The second-order valence-corrected chi connectivity index (χ2v) is 9.12. The molecule has 182 valence electrons. The second kappa shape index (κ2) is 9.55. The zero-order valence-corrected chi connectivity index (χ0v) is 19.4. The smallest absolute Gasteiger partial charge is 0.294 e. The number of carbonyl (C=O) groups excluding carboxylic acids is 2. The molecule has 1 aliphatic heterocycles. The Labute approximate surface area is 214 Å². The molecule has 0 saturated carbocycles. The van der Waals surface area contributed by atoms with Crippen molar-refractivity contribution in [2.24, 2.45) is 0 Å². The molecule has 1 N–H and O–H groups in total. The van der Waals surface area contributed by atoms with Crippen molar-refractivity contribution >= 4 is 34.7 Å². The molecular formula is C29H25ClN2O4. The van der Waals surface area contributed by atoms with Gasteiger partial charge in [-0.05, 0) is 60.5 Å². The quantitative estimate of drug-likeness (QED) is 0.317. The first-order valence-electron chi connectivity index (χ1n) is 11.4. The fraction of sp³-hybridized carbons (Fsp3) is 0.172. The fourth-order valence-electron chi connectivity index (χ4n) is 5.02. The summed E-state index contributed by atoms with van der Waals surface area (Å²) in [5.74, 6) is 0.508. The molecule has 0 spiro atoms. The van der Waals surface area contributed by atoms with Gasteiger partial charge in [-0.1, -0.05) is 43.3 Å². The Morgan fingerprint density at radius 3 is 2.39 bits per heavy atom. The Bertz CT molecular complexity index is 1420. The predicted molar refractivity (Wildman–Crippen MR) is 139 cm³/mol. The first-order chi connectivity index (χ1) is 17.1. The Morgan fingerprint density at radius 1 is 0.917 bits per heavy atom. The molecule has 2 unspecified atom stereocenters. The van der Waals surface area contributed by atoms with Gasteiger partial charge < -0.3 is 14.2 Å². The summed E-state index contributed by atoms with van der Waals surface area (Å²) in [6, 6.07) is 21.2. The summed E-state index contributed by atoms with van der Waals surface area (Å²) in [5, 5.41) is 4.07. The standard InChI is InChI=1S/C28H21ClN2O4.CH4/c29-19-11-9-17(10-12-19)27-26-21(15-18(16-23(26)32)24-7-3-13-34-24)30-20-5-1-2-6-22(20)31(27)28(33)25-8-4-14-35-25;/h1-14,18,27,30H,15-16H2;1H4. The van der Waals surface area contributed by atoms with Gasteiger partial charge in [-0.3, -0.25) is 14.5 Å². The fourth-order valence-corrected chi connectivity index (χ4v) is 5.14. The van der Waals surface area contributed by atoms with Crippen molar-refractivity contribution in [3.8, 4) is 0 Å². The molecule has 36 heavy (non-hydrogen) atoms. The van der Waals surface area contributed by atoms with E-state index >= 15 is 0 Å². The average Bonchev–Trinajstić information content (AvgIpc) is 3.57. The molecular weight excluding hydrogens is 476 g/mol. The maximum atomic E-state index is 13.9. The van der Waals surface area contributed by atoms with E-state index in [1.54, 1.807) is 35.4 Å². The number of carbonyl (C=O) groups is 2. The van der Waals surface area contributed by atoms with Crippen molar-refractivity contribution < 1.29 is 18.4 Å². The van der Waals surface area contributed by atoms with Crippen molar-refractivity contribution in [1.29, 1.82) is 0 Å². The largest absolute Gasteiger partial charge is 0.469 e. The van der Waals surface area contributed by atoms with E-state index in [2.05, 4.69) is 5.32 Å². The summed E-state index contributed by atoms with van der Waals surface area (Å²) in [4.78, 5) is 29.4. The van der Waals surface area contributed by atoms with Crippen LogP contribution < -0.4 is 10.2 Å². The van der Waals surface area contributed by atoms with E-state index in [1.165, 1.54) is 6.26 Å². The van der Waals surface area contributed by atoms with Gasteiger partial charge in [0.2, 0.25) is 0 Å². The van der Waals surface area contributed by atoms with Crippen LogP contribution in [0.15, 0.2) is 105 Å². The molecule has 2 aliphatic rings. The van der Waals surface area contributed by atoms with E-state index in [0.717, 1.165) is 22.7 Å². The highest BCUT2D eigenvalue weighted by Crippen LogP contribution is 2.48. The number of nitrogens with zero attached hydrogens (tertiary/aromatic N) is 1. The molecule has 0 radical (unpaired) electrons. The number of hydrogen-bond donors (Lipinski definition) is 1. The van der Waals surface area contributed by atoms with E-state index in [-0.39, 0.29) is 37.2 Å². The van der Waals surface area contributed by atoms with Crippen LogP contribution in [0.5, 0.6) is 0 Å². The summed E-state index contributed by atoms with van der Waals surface area (Å²) in [6.45, 7) is 0. The van der Waals surface area contributed by atoms with Crippen molar-refractivity contribution in [1.82, 2.24) is 0 Å². The number of amides is 1. The molecule has 1 aliphatic carbocycles. The number of furan rings is 2. The van der Waals surface area contributed by atoms with Crippen LogP contribution in [0.4, 0.5) is 11.4 Å². The van der Waals surface area contributed by atoms with Crippen LogP contribution in [0.2, 0.25) is 5.02 Å². The number of para-hydroxylation sites is 2. The minimum Gasteiger partial charge on any atom is -0.469 e. The zero-order chi connectivity index (χ0) is 23.9. The van der Waals surface area contributed by atoms with Gasteiger partial charge in [0.1, 0.15) is 5.76 Å². The lowest BCUT2D eigenvalue weighted by Gasteiger charge is -2.34. The normalized spacial score (nSPS) is 19.0. The number of Topliss-reactive ketones (excluding diaryl/α,β-unsaturated/α-hetero) is 1. The van der Waals surface area contributed by atoms with Crippen LogP contribution >= 0.6 is 11.6 Å². The summed E-state index contributed by atoms with van der Waals surface area (Å²) in [5.41, 5.74) is 3.52. The van der Waals surface area contributed by atoms with Gasteiger partial charge in [0, 0.05) is 28.6 Å². The van der Waals surface area contributed by atoms with Crippen LogP contribution in [0.1, 0.15) is 54.1 Å². The van der Waals surface area contributed by atoms with Gasteiger partial charge in [-0.2, -0.15) is 0 Å². The lowest BCUT2D eigenvalue weighted by atomic mass is 9.80. The van der Waals surface area contributed by atoms with Crippen molar-refractivity contribution in [2.75, 3.05) is 10.2 Å². The van der Waals surface area contributed by atoms with Crippen LogP contribution in [0, 0.1) is 0 Å². The third-order valence-electron chi connectivity index (χ3n) is 6.57. The summed E-state index contributed by atoms with van der Waals surface area (Å²) in [6.07, 6.45) is 3.96. The maximum Gasteiger partial charge on any atom is 0.294 e. The first-order valence-corrected chi connectivity index (χ1v) is 11.8. The lowest BCUT2D eigenvalue weighted by molar-refractivity contribution is -0.116. The molecule has 0 bridgehead atoms. The number of hydrogen-bond acceptors (Lipinski definition) is 5. The SMILES string of the molecule is C.O=C1CC(c2ccco2)CC2=C1C(c1ccc(Cl)cc1)N(C(=O)c1ccco1)c1ccccc1N2. The molecule has 6 rings (SSSR count). The van der Waals surface area contributed by atoms with E-state index in [1.807, 2.05) is 48.5 Å². The number of halogens is 1. The van der Waals surface area contributed by atoms with E-state index < -0.39 is 6.04 Å². The molecule has 0 saturated heterocycles. The third kappa shape index (κ3) is 4.03. The third-order valence-corrected chi connectivity index (χ3v) is 6.82. The number of benzene rings is 2. The van der Waals surface area contributed by atoms with Crippen LogP contribution in [0.3, 0.4) is 0 Å². The average molecular weight is 501 g/mol. The summed E-state index contributed by atoms with van der Waals surface area (Å²) in [7, 11) is 0. The molecule has 3 heterocycles. The van der Waals surface area contributed by atoms with E-state index in [0.29, 0.717) is 22.7 Å². The van der Waals surface area contributed by atoms with Gasteiger partial charge in [-0.25, -0.2) is 0 Å². The van der Waals surface area contributed by atoms with E-state index in [4.69, 9.17) is 20.4 Å². The van der Waals surface area contributed by atoms with Crippen LogP contribution in [-0.4, -0.2) is 11.7 Å². The Morgan fingerprint density at radius 2 is 1.67 bits per heavy atom. The summed E-state index contributed by atoms with van der Waals surface area (Å²) < 4.78 is 11.1. The minimum absolute atomic E-state index is 0. The number of rotatable bonds is 3. The highest BCUT2D eigenvalue weighted by molar-refractivity contribution is 6.30. The highest BCUT2D eigenvalue weighted by atomic mass is 35.5. The molecule has 2 aromatic heterocycles. The minimum atomic E-state index is -0.666. The first kappa shape index (κ1) is 23.7. The number of fused-ring (bicyclic) bond motifs is 1. The molecule has 7 heteroatoms. The number of nitrogens with one attached hydrogen (secondary N) is 1. The Kier molecular flexibility index (Phi) is 6.29. The Hall–Kier alpha value is -4.03. The predicted octanol–water partition coefficient (Wildman–Crippen LogP) is 7.38. The number of ketones is 1. The van der Waals surface area contributed by atoms with Crippen molar-refractivity contribution in [3.05, 3.63) is 119 Å². The van der Waals surface area contributed by atoms with Gasteiger partial charge in [0.05, 0.1) is 29.9 Å². The van der Waals surface area contributed by atoms with Gasteiger partial charge >= 0.3 is 0 Å². The molecule has 0 fully saturated rings. The van der Waals surface area contributed by atoms with Gasteiger partial charge in [0.15, 0.2) is 11.5 Å². The second-order valence-electron chi connectivity index (χ2n) is 8.68. The molecule has 6 nitrogen and oxygen atoms in total. The zero-order valence-electron chi connectivity index (χ0n) is 18.6. The number of allylic oxidation sites excluding steroid dienone is 1. The van der Waals surface area contributed by atoms with Gasteiger partial charge in [-0.15, -0.1) is 0 Å². The molecule has 2 atom stereocenters. The molecule has 4 aromatic rings. The highest BCUT2D eigenvalue weighted by Gasteiger charge is 2.42. The van der Waals surface area contributed by atoms with Crippen molar-refractivity contribution in [2.45, 2.75) is 32.2 Å².